The minimum absolute atomic E-state index is 0.331. The fraction of sp³-hybridized carbons (Fsp3) is 0.444. The van der Waals surface area contributed by atoms with Crippen LogP contribution < -0.4 is 21.2 Å². The second-order valence-corrected chi connectivity index (χ2v) is 6.81. The topological polar surface area (TPSA) is 58.7 Å². The van der Waals surface area contributed by atoms with Crippen molar-refractivity contribution in [3.05, 3.63) is 40.2 Å². The fourth-order valence-corrected chi connectivity index (χ4v) is 3.45. The van der Waals surface area contributed by atoms with E-state index in [1.165, 1.54) is 38.4 Å². The van der Waals surface area contributed by atoms with Gasteiger partial charge in [-0.1, -0.05) is 0 Å². The lowest BCUT2D eigenvalue weighted by Gasteiger charge is -2.23. The predicted molar refractivity (Wildman–Crippen MR) is 101 cm³/mol. The number of piperidine rings is 1. The molecule has 0 amide bonds. The summed E-state index contributed by atoms with van der Waals surface area (Å²) in [4.78, 5) is 13.2. The lowest BCUT2D eigenvalue weighted by Crippen LogP contribution is -3.13. The number of fused-ring (bicyclic) bond motifs is 1. The van der Waals surface area contributed by atoms with E-state index in [2.05, 4.69) is 10.6 Å². The molecule has 128 valence electrons. The van der Waals surface area contributed by atoms with E-state index in [0.717, 1.165) is 29.7 Å². The Morgan fingerprint density at radius 3 is 2.83 bits per heavy atom. The SMILES string of the molecule is Cc1cc(=O)oc2cc(NC(=S)NCC[NH+]3CCCCC3)ccc12. The Morgan fingerprint density at radius 2 is 2.04 bits per heavy atom. The molecule has 1 aromatic carbocycles. The molecule has 1 saturated heterocycles. The van der Waals surface area contributed by atoms with E-state index in [0.29, 0.717) is 10.7 Å². The summed E-state index contributed by atoms with van der Waals surface area (Å²) in [6, 6.07) is 7.20. The molecule has 2 aromatic rings. The van der Waals surface area contributed by atoms with Crippen LogP contribution in [0.3, 0.4) is 0 Å². The molecular formula is C18H24N3O2S+. The molecule has 24 heavy (non-hydrogen) atoms. The van der Waals surface area contributed by atoms with E-state index in [1.54, 1.807) is 4.90 Å². The summed E-state index contributed by atoms with van der Waals surface area (Å²) in [7, 11) is 0. The molecule has 1 aliphatic rings. The van der Waals surface area contributed by atoms with Gasteiger partial charge in [0.1, 0.15) is 5.58 Å². The zero-order valence-corrected chi connectivity index (χ0v) is 14.8. The van der Waals surface area contributed by atoms with E-state index < -0.39 is 0 Å². The van der Waals surface area contributed by atoms with Crippen molar-refractivity contribution in [3.8, 4) is 0 Å². The highest BCUT2D eigenvalue weighted by molar-refractivity contribution is 7.80. The van der Waals surface area contributed by atoms with Crippen molar-refractivity contribution in [2.24, 2.45) is 0 Å². The summed E-state index contributed by atoms with van der Waals surface area (Å²) in [6.45, 7) is 6.40. The van der Waals surface area contributed by atoms with Crippen molar-refractivity contribution in [1.82, 2.24) is 5.32 Å². The van der Waals surface area contributed by atoms with E-state index in [-0.39, 0.29) is 5.63 Å². The van der Waals surface area contributed by atoms with Gasteiger partial charge in [-0.05, 0) is 56.1 Å². The molecular weight excluding hydrogens is 322 g/mol. The van der Waals surface area contributed by atoms with Gasteiger partial charge in [0.15, 0.2) is 5.11 Å². The Labute approximate surface area is 147 Å². The van der Waals surface area contributed by atoms with E-state index in [9.17, 15) is 4.79 Å². The summed E-state index contributed by atoms with van der Waals surface area (Å²) in [5.41, 5.74) is 1.98. The molecule has 0 atom stereocenters. The van der Waals surface area contributed by atoms with Crippen LogP contribution in [-0.4, -0.2) is 31.3 Å². The smallest absolute Gasteiger partial charge is 0.336 e. The van der Waals surface area contributed by atoms with Gasteiger partial charge >= 0.3 is 5.63 Å². The monoisotopic (exact) mass is 346 g/mol. The van der Waals surface area contributed by atoms with Crippen LogP contribution in [0, 0.1) is 6.92 Å². The normalized spacial score (nSPS) is 15.4. The second kappa shape index (κ2) is 7.77. The Hall–Kier alpha value is -1.92. The number of quaternary nitrogens is 1. The van der Waals surface area contributed by atoms with Gasteiger partial charge < -0.3 is 20.0 Å². The largest absolute Gasteiger partial charge is 0.423 e. The average Bonchev–Trinajstić information content (AvgIpc) is 2.55. The van der Waals surface area contributed by atoms with Crippen LogP contribution in [0.5, 0.6) is 0 Å². The third kappa shape index (κ3) is 4.33. The first-order valence-corrected chi connectivity index (χ1v) is 8.95. The predicted octanol–water partition coefficient (Wildman–Crippen LogP) is 1.46. The summed E-state index contributed by atoms with van der Waals surface area (Å²) in [5.74, 6) is 0. The average molecular weight is 346 g/mol. The van der Waals surface area contributed by atoms with Crippen molar-refractivity contribution in [3.63, 3.8) is 0 Å². The van der Waals surface area contributed by atoms with Crippen LogP contribution in [-0.2, 0) is 0 Å². The third-order valence-corrected chi connectivity index (χ3v) is 4.78. The fourth-order valence-electron chi connectivity index (χ4n) is 3.23. The number of rotatable bonds is 4. The summed E-state index contributed by atoms with van der Waals surface area (Å²) >= 11 is 5.35. The highest BCUT2D eigenvalue weighted by Gasteiger charge is 2.12. The van der Waals surface area contributed by atoms with Crippen molar-refractivity contribution in [2.75, 3.05) is 31.5 Å². The van der Waals surface area contributed by atoms with Gasteiger partial charge in [-0.25, -0.2) is 4.79 Å². The molecule has 3 N–H and O–H groups in total. The number of aryl methyl sites for hydroxylation is 1. The van der Waals surface area contributed by atoms with Gasteiger partial charge in [-0.15, -0.1) is 0 Å². The van der Waals surface area contributed by atoms with Crippen molar-refractivity contribution in [1.29, 1.82) is 0 Å². The van der Waals surface area contributed by atoms with Crippen LogP contribution in [0.15, 0.2) is 33.5 Å². The second-order valence-electron chi connectivity index (χ2n) is 6.40. The van der Waals surface area contributed by atoms with Crippen LogP contribution in [0.1, 0.15) is 24.8 Å². The van der Waals surface area contributed by atoms with Crippen LogP contribution >= 0.6 is 12.2 Å². The summed E-state index contributed by atoms with van der Waals surface area (Å²) in [5, 5.41) is 7.95. The first-order chi connectivity index (χ1) is 11.6. The summed E-state index contributed by atoms with van der Waals surface area (Å²) < 4.78 is 5.26. The quantitative estimate of drug-likeness (QED) is 0.578. The lowest BCUT2D eigenvalue weighted by molar-refractivity contribution is -0.903. The Kier molecular flexibility index (Phi) is 5.48. The number of thiocarbonyl (C=S) groups is 1. The molecule has 0 bridgehead atoms. The van der Waals surface area contributed by atoms with E-state index >= 15 is 0 Å². The van der Waals surface area contributed by atoms with Crippen molar-refractivity contribution >= 4 is 34.0 Å². The third-order valence-electron chi connectivity index (χ3n) is 4.53. The maximum Gasteiger partial charge on any atom is 0.336 e. The molecule has 2 heterocycles. The molecule has 0 unspecified atom stereocenters. The first kappa shape index (κ1) is 16.9. The van der Waals surface area contributed by atoms with Gasteiger partial charge in [-0.3, -0.25) is 0 Å². The minimum atomic E-state index is -0.331. The van der Waals surface area contributed by atoms with Gasteiger partial charge in [0.05, 0.1) is 26.2 Å². The molecule has 1 aromatic heterocycles. The molecule has 0 aliphatic carbocycles. The molecule has 0 saturated carbocycles. The van der Waals surface area contributed by atoms with Gasteiger partial charge in [0.25, 0.3) is 0 Å². The molecule has 0 radical (unpaired) electrons. The van der Waals surface area contributed by atoms with Crippen LogP contribution in [0.4, 0.5) is 5.69 Å². The maximum absolute atomic E-state index is 11.5. The molecule has 1 fully saturated rings. The number of nitrogens with one attached hydrogen (secondary N) is 3. The molecule has 3 rings (SSSR count). The lowest BCUT2D eigenvalue weighted by atomic mass is 10.1. The molecule has 5 nitrogen and oxygen atoms in total. The van der Waals surface area contributed by atoms with Gasteiger partial charge in [0, 0.05) is 23.2 Å². The van der Waals surface area contributed by atoms with Gasteiger partial charge in [0.2, 0.25) is 0 Å². The highest BCUT2D eigenvalue weighted by atomic mass is 32.1. The molecule has 6 heteroatoms. The number of anilines is 1. The van der Waals surface area contributed by atoms with E-state index in [4.69, 9.17) is 16.6 Å². The maximum atomic E-state index is 11.5. The van der Waals surface area contributed by atoms with E-state index in [1.807, 2.05) is 25.1 Å². The Balaban J connectivity index is 1.56. The summed E-state index contributed by atoms with van der Waals surface area (Å²) in [6.07, 6.45) is 4.04. The zero-order valence-electron chi connectivity index (χ0n) is 14.0. The number of benzene rings is 1. The zero-order chi connectivity index (χ0) is 16.9. The highest BCUT2D eigenvalue weighted by Crippen LogP contribution is 2.20. The molecule has 1 aliphatic heterocycles. The number of likely N-dealkylation sites (tertiary alicyclic amines) is 1. The standard InChI is InChI=1S/C18H23N3O2S/c1-13-11-17(22)23-16-12-14(5-6-15(13)16)20-18(24)19-7-10-21-8-3-2-4-9-21/h5-6,11-12H,2-4,7-10H2,1H3,(H2,19,20,24)/p+1. The number of hydrogen-bond acceptors (Lipinski definition) is 3. The van der Waals surface area contributed by atoms with Gasteiger partial charge in [-0.2, -0.15) is 0 Å². The Morgan fingerprint density at radius 1 is 1.25 bits per heavy atom. The van der Waals surface area contributed by atoms with Crippen molar-refractivity contribution in [2.45, 2.75) is 26.2 Å². The minimum Gasteiger partial charge on any atom is -0.423 e. The number of hydrogen-bond donors (Lipinski definition) is 3. The molecule has 0 spiro atoms. The van der Waals surface area contributed by atoms with Crippen LogP contribution in [0.25, 0.3) is 11.0 Å². The Bertz CT molecular complexity index is 781. The van der Waals surface area contributed by atoms with Crippen molar-refractivity contribution < 1.29 is 9.32 Å². The van der Waals surface area contributed by atoms with Crippen LogP contribution in [0.2, 0.25) is 0 Å². The first-order valence-electron chi connectivity index (χ1n) is 8.55.